The summed E-state index contributed by atoms with van der Waals surface area (Å²) in [5.74, 6) is 2.05. The van der Waals surface area contributed by atoms with Crippen LogP contribution in [0.5, 0.6) is 0 Å². The van der Waals surface area contributed by atoms with Crippen molar-refractivity contribution in [2.45, 2.75) is 57.9 Å². The average molecular weight is 181 g/mol. The topological polar surface area (TPSA) is 12.0 Å². The summed E-state index contributed by atoms with van der Waals surface area (Å²) in [6.07, 6.45) is 10.3. The number of nitrogens with one attached hydrogen (secondary N) is 1. The maximum absolute atomic E-state index is 3.68. The lowest BCUT2D eigenvalue weighted by Gasteiger charge is -2.33. The summed E-state index contributed by atoms with van der Waals surface area (Å²) in [7, 11) is 0. The van der Waals surface area contributed by atoms with Crippen LogP contribution in [-0.4, -0.2) is 12.6 Å². The van der Waals surface area contributed by atoms with Gasteiger partial charge >= 0.3 is 0 Å². The van der Waals surface area contributed by atoms with Gasteiger partial charge in [0.2, 0.25) is 0 Å². The quantitative estimate of drug-likeness (QED) is 0.703. The molecule has 2 aliphatic rings. The van der Waals surface area contributed by atoms with E-state index in [2.05, 4.69) is 12.2 Å². The molecule has 1 nitrogen and oxygen atoms in total. The van der Waals surface area contributed by atoms with Crippen LogP contribution in [0, 0.1) is 11.8 Å². The van der Waals surface area contributed by atoms with Gasteiger partial charge in [0, 0.05) is 6.04 Å². The smallest absolute Gasteiger partial charge is 0.00721 e. The number of hydrogen-bond donors (Lipinski definition) is 1. The molecule has 2 rings (SSSR count). The van der Waals surface area contributed by atoms with E-state index in [-0.39, 0.29) is 0 Å². The van der Waals surface area contributed by atoms with Crippen molar-refractivity contribution >= 4 is 0 Å². The summed E-state index contributed by atoms with van der Waals surface area (Å²) in [5, 5.41) is 3.68. The molecule has 1 heteroatoms. The van der Waals surface area contributed by atoms with E-state index < -0.39 is 0 Å². The molecule has 0 atom stereocenters. The fourth-order valence-corrected chi connectivity index (χ4v) is 2.86. The summed E-state index contributed by atoms with van der Waals surface area (Å²) in [5.41, 5.74) is 0. The van der Waals surface area contributed by atoms with E-state index in [1.807, 2.05) is 0 Å². The molecule has 1 N–H and O–H groups in total. The summed E-state index contributed by atoms with van der Waals surface area (Å²) in [4.78, 5) is 0. The molecule has 0 aromatic heterocycles. The Labute approximate surface area is 82.3 Å². The minimum absolute atomic E-state index is 0.872. The highest BCUT2D eigenvalue weighted by molar-refractivity contribution is 4.82. The standard InChI is InChI=1S/C12H23N/c1-10-8-12(9-10)13-7-6-11-4-2-3-5-11/h10-13H,2-9H2,1H3. The van der Waals surface area contributed by atoms with Gasteiger partial charge in [-0.2, -0.15) is 0 Å². The molecule has 0 aromatic rings. The van der Waals surface area contributed by atoms with Gasteiger partial charge in [0.1, 0.15) is 0 Å². The first-order valence-electron chi connectivity index (χ1n) is 6.08. The van der Waals surface area contributed by atoms with Crippen LogP contribution in [0.4, 0.5) is 0 Å². The molecule has 2 aliphatic carbocycles. The molecule has 2 saturated carbocycles. The van der Waals surface area contributed by atoms with Gasteiger partial charge in [-0.3, -0.25) is 0 Å². The maximum atomic E-state index is 3.68. The van der Waals surface area contributed by atoms with E-state index in [0.717, 1.165) is 17.9 Å². The van der Waals surface area contributed by atoms with E-state index in [0.29, 0.717) is 0 Å². The van der Waals surface area contributed by atoms with Crippen molar-refractivity contribution in [3.05, 3.63) is 0 Å². The maximum Gasteiger partial charge on any atom is 0.00721 e. The van der Waals surface area contributed by atoms with Crippen molar-refractivity contribution in [3.63, 3.8) is 0 Å². The van der Waals surface area contributed by atoms with Gasteiger partial charge in [0.15, 0.2) is 0 Å². The lowest BCUT2D eigenvalue weighted by molar-refractivity contribution is 0.237. The van der Waals surface area contributed by atoms with Crippen LogP contribution in [0.1, 0.15) is 51.9 Å². The lowest BCUT2D eigenvalue weighted by Crippen LogP contribution is -2.40. The van der Waals surface area contributed by atoms with Gasteiger partial charge in [0.05, 0.1) is 0 Å². The Morgan fingerprint density at radius 2 is 1.85 bits per heavy atom. The Hall–Kier alpha value is -0.0400. The molecule has 0 radical (unpaired) electrons. The summed E-state index contributed by atoms with van der Waals surface area (Å²) in [6.45, 7) is 3.64. The Bertz CT molecular complexity index is 143. The summed E-state index contributed by atoms with van der Waals surface area (Å²) >= 11 is 0. The van der Waals surface area contributed by atoms with Crippen LogP contribution in [-0.2, 0) is 0 Å². The molecule has 0 aliphatic heterocycles. The molecule has 76 valence electrons. The molecule has 13 heavy (non-hydrogen) atoms. The van der Waals surface area contributed by atoms with Crippen molar-refractivity contribution in [1.82, 2.24) is 5.32 Å². The largest absolute Gasteiger partial charge is 0.314 e. The first kappa shape index (κ1) is 9.51. The van der Waals surface area contributed by atoms with Gasteiger partial charge < -0.3 is 5.32 Å². The zero-order valence-corrected chi connectivity index (χ0v) is 8.89. The Balaban J connectivity index is 1.49. The Kier molecular flexibility index (Phi) is 3.26. The molecule has 0 heterocycles. The molecule has 0 spiro atoms. The van der Waals surface area contributed by atoms with Crippen molar-refractivity contribution in [2.24, 2.45) is 11.8 Å². The van der Waals surface area contributed by atoms with Crippen molar-refractivity contribution in [1.29, 1.82) is 0 Å². The molecule has 0 unspecified atom stereocenters. The SMILES string of the molecule is CC1CC(NCCC2CCCC2)C1. The fraction of sp³-hybridized carbons (Fsp3) is 1.00. The predicted molar refractivity (Wildman–Crippen MR) is 56.8 cm³/mol. The first-order valence-corrected chi connectivity index (χ1v) is 6.08. The van der Waals surface area contributed by atoms with Crippen LogP contribution in [0.25, 0.3) is 0 Å². The minimum atomic E-state index is 0.872. The zero-order chi connectivity index (χ0) is 9.10. The highest BCUT2D eigenvalue weighted by atomic mass is 14.9. The van der Waals surface area contributed by atoms with Gasteiger partial charge in [-0.05, 0) is 37.6 Å². The second-order valence-corrected chi connectivity index (χ2v) is 5.17. The normalized spacial score (nSPS) is 34.8. The second kappa shape index (κ2) is 4.45. The number of rotatable bonds is 4. The fourth-order valence-electron chi connectivity index (χ4n) is 2.86. The van der Waals surface area contributed by atoms with Gasteiger partial charge in [-0.25, -0.2) is 0 Å². The molecule has 0 saturated heterocycles. The summed E-state index contributed by atoms with van der Waals surface area (Å²) < 4.78 is 0. The Morgan fingerprint density at radius 3 is 2.46 bits per heavy atom. The molecular weight excluding hydrogens is 158 g/mol. The van der Waals surface area contributed by atoms with Crippen molar-refractivity contribution in [2.75, 3.05) is 6.54 Å². The van der Waals surface area contributed by atoms with E-state index in [4.69, 9.17) is 0 Å². The molecule has 0 bridgehead atoms. The molecule has 0 aromatic carbocycles. The first-order chi connectivity index (χ1) is 6.34. The average Bonchev–Trinajstić information content (AvgIpc) is 2.53. The van der Waals surface area contributed by atoms with Gasteiger partial charge in [-0.15, -0.1) is 0 Å². The molecule has 0 amide bonds. The van der Waals surface area contributed by atoms with E-state index >= 15 is 0 Å². The third-order valence-corrected chi connectivity index (χ3v) is 3.83. The monoisotopic (exact) mass is 181 g/mol. The van der Waals surface area contributed by atoms with Gasteiger partial charge in [0.25, 0.3) is 0 Å². The van der Waals surface area contributed by atoms with Crippen LogP contribution < -0.4 is 5.32 Å². The van der Waals surface area contributed by atoms with E-state index in [1.54, 1.807) is 0 Å². The number of hydrogen-bond acceptors (Lipinski definition) is 1. The van der Waals surface area contributed by atoms with Gasteiger partial charge in [-0.1, -0.05) is 32.6 Å². The van der Waals surface area contributed by atoms with Crippen LogP contribution in [0.15, 0.2) is 0 Å². The molecule has 2 fully saturated rings. The minimum Gasteiger partial charge on any atom is -0.314 e. The lowest BCUT2D eigenvalue weighted by atomic mass is 9.82. The third-order valence-electron chi connectivity index (χ3n) is 3.83. The van der Waals surface area contributed by atoms with Crippen molar-refractivity contribution < 1.29 is 0 Å². The van der Waals surface area contributed by atoms with Crippen LogP contribution >= 0.6 is 0 Å². The molecular formula is C12H23N. The van der Waals surface area contributed by atoms with Crippen molar-refractivity contribution in [3.8, 4) is 0 Å². The third kappa shape index (κ3) is 2.70. The predicted octanol–water partition coefficient (Wildman–Crippen LogP) is 2.95. The summed E-state index contributed by atoms with van der Waals surface area (Å²) in [6, 6.07) is 0.872. The zero-order valence-electron chi connectivity index (χ0n) is 8.89. The Morgan fingerprint density at radius 1 is 1.15 bits per heavy atom. The highest BCUT2D eigenvalue weighted by Crippen LogP contribution is 2.28. The van der Waals surface area contributed by atoms with Crippen LogP contribution in [0.2, 0.25) is 0 Å². The van der Waals surface area contributed by atoms with Crippen LogP contribution in [0.3, 0.4) is 0 Å². The van der Waals surface area contributed by atoms with E-state index in [1.165, 1.54) is 51.5 Å². The second-order valence-electron chi connectivity index (χ2n) is 5.17. The van der Waals surface area contributed by atoms with E-state index in [9.17, 15) is 0 Å². The highest BCUT2D eigenvalue weighted by Gasteiger charge is 2.24.